The van der Waals surface area contributed by atoms with Crippen LogP contribution in [0.5, 0.6) is 5.75 Å². The summed E-state index contributed by atoms with van der Waals surface area (Å²) in [7, 11) is 0. The van der Waals surface area contributed by atoms with Crippen LogP contribution < -0.4 is 5.73 Å². The monoisotopic (exact) mass is 289 g/mol. The number of hydrogen-bond donors (Lipinski definition) is 2. The molecule has 1 aliphatic rings. The van der Waals surface area contributed by atoms with E-state index in [0.29, 0.717) is 5.75 Å². The smallest absolute Gasteiger partial charge is 0.129 e. The minimum atomic E-state index is 0.114. The van der Waals surface area contributed by atoms with Gasteiger partial charge in [-0.3, -0.25) is 0 Å². The lowest BCUT2D eigenvalue weighted by atomic mass is 9.88. The molecule has 1 aromatic carbocycles. The third-order valence-electron chi connectivity index (χ3n) is 2.58. The largest absolute Gasteiger partial charge is 0.507 e. The molecule has 1 aromatic rings. The summed E-state index contributed by atoms with van der Waals surface area (Å²) < 4.78 is 0.933. The van der Waals surface area contributed by atoms with Crippen molar-refractivity contribution in [3.8, 4) is 5.75 Å². The predicted molar refractivity (Wildman–Crippen MR) is 60.7 cm³/mol. The molecular weight excluding hydrogens is 277 g/mol. The molecule has 0 bridgehead atoms. The molecule has 3 heteroatoms. The molecule has 0 aliphatic heterocycles. The van der Waals surface area contributed by atoms with Gasteiger partial charge in [0.1, 0.15) is 5.75 Å². The van der Waals surface area contributed by atoms with Gasteiger partial charge in [0.05, 0.1) is 3.57 Å². The molecule has 0 unspecified atom stereocenters. The number of aryl methyl sites for hydroxylation is 1. The van der Waals surface area contributed by atoms with E-state index in [1.807, 2.05) is 6.07 Å². The molecule has 0 saturated heterocycles. The summed E-state index contributed by atoms with van der Waals surface area (Å²) in [4.78, 5) is 0. The van der Waals surface area contributed by atoms with Gasteiger partial charge >= 0.3 is 0 Å². The summed E-state index contributed by atoms with van der Waals surface area (Å²) in [6, 6.07) is 3.87. The zero-order valence-corrected chi connectivity index (χ0v) is 9.41. The van der Waals surface area contributed by atoms with E-state index >= 15 is 0 Å². The van der Waals surface area contributed by atoms with E-state index in [1.165, 1.54) is 5.56 Å². The Morgan fingerprint density at radius 3 is 3.00 bits per heavy atom. The van der Waals surface area contributed by atoms with Crippen molar-refractivity contribution in [2.45, 2.75) is 25.3 Å². The fraction of sp³-hybridized carbons (Fsp3) is 0.400. The summed E-state index contributed by atoms with van der Waals surface area (Å²) >= 11 is 2.17. The molecule has 3 N–H and O–H groups in total. The Morgan fingerprint density at radius 2 is 2.23 bits per heavy atom. The maximum Gasteiger partial charge on any atom is 0.129 e. The first-order chi connectivity index (χ1) is 6.20. The Bertz CT molecular complexity index is 338. The van der Waals surface area contributed by atoms with E-state index in [-0.39, 0.29) is 6.04 Å². The first kappa shape index (κ1) is 9.27. The lowest BCUT2D eigenvalue weighted by Gasteiger charge is -2.23. The number of hydrogen-bond acceptors (Lipinski definition) is 2. The van der Waals surface area contributed by atoms with Gasteiger partial charge in [0.15, 0.2) is 0 Å². The second kappa shape index (κ2) is 3.46. The van der Waals surface area contributed by atoms with Crippen molar-refractivity contribution < 1.29 is 5.11 Å². The van der Waals surface area contributed by atoms with Crippen LogP contribution in [0.15, 0.2) is 12.1 Å². The van der Waals surface area contributed by atoms with Gasteiger partial charge in [-0.1, -0.05) is 6.07 Å². The van der Waals surface area contributed by atoms with Gasteiger partial charge in [-0.05, 0) is 59.0 Å². The molecule has 0 amide bonds. The van der Waals surface area contributed by atoms with E-state index in [0.717, 1.165) is 28.4 Å². The number of phenols is 1. The number of nitrogens with two attached hydrogens (primary N) is 1. The van der Waals surface area contributed by atoms with Crippen LogP contribution in [0.4, 0.5) is 0 Å². The van der Waals surface area contributed by atoms with Crippen LogP contribution in [0, 0.1) is 3.57 Å². The fourth-order valence-electron chi connectivity index (χ4n) is 1.90. The molecule has 0 aromatic heterocycles. The quantitative estimate of drug-likeness (QED) is 0.720. The van der Waals surface area contributed by atoms with Crippen molar-refractivity contribution in [3.63, 3.8) is 0 Å². The average molecular weight is 289 g/mol. The second-order valence-corrected chi connectivity index (χ2v) is 4.55. The number of fused-ring (bicyclic) bond motifs is 1. The highest BCUT2D eigenvalue weighted by Gasteiger charge is 2.20. The van der Waals surface area contributed by atoms with E-state index in [9.17, 15) is 5.11 Å². The van der Waals surface area contributed by atoms with Gasteiger partial charge in [0, 0.05) is 6.04 Å². The Morgan fingerprint density at radius 1 is 1.46 bits per heavy atom. The lowest BCUT2D eigenvalue weighted by Crippen LogP contribution is -2.18. The van der Waals surface area contributed by atoms with Gasteiger partial charge in [-0.15, -0.1) is 0 Å². The maximum atomic E-state index is 9.53. The molecule has 0 heterocycles. The summed E-state index contributed by atoms with van der Waals surface area (Å²) in [5.41, 5.74) is 8.47. The molecule has 0 radical (unpaired) electrons. The van der Waals surface area contributed by atoms with Crippen LogP contribution in [0.1, 0.15) is 30.0 Å². The first-order valence-electron chi connectivity index (χ1n) is 4.46. The Hall–Kier alpha value is -0.290. The van der Waals surface area contributed by atoms with Crippen molar-refractivity contribution in [1.29, 1.82) is 0 Å². The summed E-state index contributed by atoms with van der Waals surface area (Å²) in [5.74, 6) is 0.358. The minimum absolute atomic E-state index is 0.114. The number of benzene rings is 1. The zero-order valence-electron chi connectivity index (χ0n) is 7.26. The van der Waals surface area contributed by atoms with Gasteiger partial charge in [0.2, 0.25) is 0 Å². The Kier molecular flexibility index (Phi) is 2.47. The third-order valence-corrected chi connectivity index (χ3v) is 3.72. The lowest BCUT2D eigenvalue weighted by molar-refractivity contribution is 0.465. The highest BCUT2D eigenvalue weighted by atomic mass is 127. The van der Waals surface area contributed by atoms with Crippen molar-refractivity contribution in [1.82, 2.24) is 0 Å². The number of halogens is 1. The highest BCUT2D eigenvalue weighted by Crippen LogP contribution is 2.35. The van der Waals surface area contributed by atoms with Gasteiger partial charge < -0.3 is 10.8 Å². The van der Waals surface area contributed by atoms with E-state index in [4.69, 9.17) is 5.73 Å². The van der Waals surface area contributed by atoms with Gasteiger partial charge in [-0.2, -0.15) is 0 Å². The standard InChI is InChI=1S/C10H12INO/c11-10-8(13)5-4-6-2-1-3-7(12)9(6)10/h4-5,7,13H,1-3,12H2/t7-/m1/s1. The highest BCUT2D eigenvalue weighted by molar-refractivity contribution is 14.1. The Balaban J connectivity index is 2.58. The van der Waals surface area contributed by atoms with Gasteiger partial charge in [0.25, 0.3) is 0 Å². The summed E-state index contributed by atoms with van der Waals surface area (Å²) in [5, 5.41) is 9.53. The zero-order chi connectivity index (χ0) is 9.42. The summed E-state index contributed by atoms with van der Waals surface area (Å²) in [6.45, 7) is 0. The van der Waals surface area contributed by atoms with Crippen LogP contribution >= 0.6 is 22.6 Å². The fourth-order valence-corrected chi connectivity index (χ4v) is 2.82. The second-order valence-electron chi connectivity index (χ2n) is 3.47. The van der Waals surface area contributed by atoms with Crippen LogP contribution in [0.3, 0.4) is 0 Å². The molecule has 1 aliphatic carbocycles. The third kappa shape index (κ3) is 1.55. The molecule has 0 fully saturated rings. The number of aromatic hydroxyl groups is 1. The molecule has 2 nitrogen and oxygen atoms in total. The van der Waals surface area contributed by atoms with Crippen LogP contribution in [-0.4, -0.2) is 5.11 Å². The van der Waals surface area contributed by atoms with E-state index < -0.39 is 0 Å². The predicted octanol–water partition coefficient (Wildman–Crippen LogP) is 2.33. The molecule has 70 valence electrons. The maximum absolute atomic E-state index is 9.53. The average Bonchev–Trinajstić information content (AvgIpc) is 2.12. The minimum Gasteiger partial charge on any atom is -0.507 e. The molecule has 0 saturated carbocycles. The molecular formula is C10H12INO. The first-order valence-corrected chi connectivity index (χ1v) is 5.54. The van der Waals surface area contributed by atoms with Crippen LogP contribution in [-0.2, 0) is 6.42 Å². The molecule has 2 rings (SSSR count). The van der Waals surface area contributed by atoms with Crippen molar-refractivity contribution in [3.05, 3.63) is 26.8 Å². The number of rotatable bonds is 0. The molecule has 13 heavy (non-hydrogen) atoms. The van der Waals surface area contributed by atoms with Crippen molar-refractivity contribution in [2.24, 2.45) is 5.73 Å². The topological polar surface area (TPSA) is 46.2 Å². The van der Waals surface area contributed by atoms with E-state index in [2.05, 4.69) is 22.6 Å². The van der Waals surface area contributed by atoms with Crippen LogP contribution in [0.2, 0.25) is 0 Å². The van der Waals surface area contributed by atoms with Crippen molar-refractivity contribution >= 4 is 22.6 Å². The van der Waals surface area contributed by atoms with Gasteiger partial charge in [-0.25, -0.2) is 0 Å². The molecule has 1 atom stereocenters. The normalized spacial score (nSPS) is 21.2. The molecule has 0 spiro atoms. The summed E-state index contributed by atoms with van der Waals surface area (Å²) in [6.07, 6.45) is 3.29. The SMILES string of the molecule is N[C@@H]1CCCc2ccc(O)c(I)c21. The van der Waals surface area contributed by atoms with Crippen LogP contribution in [0.25, 0.3) is 0 Å². The van der Waals surface area contributed by atoms with Crippen molar-refractivity contribution in [2.75, 3.05) is 0 Å². The van der Waals surface area contributed by atoms with E-state index in [1.54, 1.807) is 6.07 Å². The Labute approximate surface area is 91.3 Å². The number of phenolic OH excluding ortho intramolecular Hbond substituents is 1.